The van der Waals surface area contributed by atoms with Crippen molar-refractivity contribution in [1.82, 2.24) is 0 Å². The van der Waals surface area contributed by atoms with E-state index in [1.54, 1.807) is 0 Å². The summed E-state index contributed by atoms with van der Waals surface area (Å²) in [5.74, 6) is -0.978. The van der Waals surface area contributed by atoms with E-state index in [9.17, 15) is 9.59 Å². The summed E-state index contributed by atoms with van der Waals surface area (Å²) in [6.07, 6.45) is -0.0305. The van der Waals surface area contributed by atoms with Crippen molar-refractivity contribution in [2.75, 3.05) is 0 Å². The molecule has 0 aromatic heterocycles. The molecule has 4 nitrogen and oxygen atoms in total. The quantitative estimate of drug-likeness (QED) is 0.572. The lowest BCUT2D eigenvalue weighted by Gasteiger charge is -2.01. The molecule has 10 heavy (non-hydrogen) atoms. The zero-order valence-electron chi connectivity index (χ0n) is 5.21. The van der Waals surface area contributed by atoms with Crippen molar-refractivity contribution in [2.45, 2.75) is 18.9 Å². The summed E-state index contributed by atoms with van der Waals surface area (Å²) < 4.78 is 0. The molecular weight excluding hydrogens is 158 g/mol. The summed E-state index contributed by atoms with van der Waals surface area (Å²) in [6.45, 7) is 0. The molecule has 0 radical (unpaired) electrons. The Morgan fingerprint density at radius 3 is 2.40 bits per heavy atom. The number of carbonyl (C=O) groups excluding carboxylic acids is 1. The number of halogens is 1. The van der Waals surface area contributed by atoms with Gasteiger partial charge in [-0.2, -0.15) is 0 Å². The molecule has 0 aliphatic heterocycles. The molecule has 0 aromatic rings. The van der Waals surface area contributed by atoms with Crippen LogP contribution in [0.3, 0.4) is 0 Å². The third kappa shape index (κ3) is 4.29. The molecule has 5 heteroatoms. The minimum atomic E-state index is -0.978. The van der Waals surface area contributed by atoms with Gasteiger partial charge in [-0.3, -0.25) is 9.59 Å². The highest BCUT2D eigenvalue weighted by atomic mass is 35.5. The van der Waals surface area contributed by atoms with Gasteiger partial charge in [-0.1, -0.05) is 0 Å². The molecule has 0 aliphatic rings. The van der Waals surface area contributed by atoms with Crippen molar-refractivity contribution in [3.05, 3.63) is 0 Å². The number of rotatable bonds is 4. The fourth-order valence-electron chi connectivity index (χ4n) is 0.392. The molecule has 0 spiro atoms. The molecule has 0 bridgehead atoms. The minimum absolute atomic E-state index is 0.0949. The molecular formula is C5H8ClNO3. The van der Waals surface area contributed by atoms with Crippen LogP contribution in [0.2, 0.25) is 0 Å². The van der Waals surface area contributed by atoms with Gasteiger partial charge in [-0.15, -0.1) is 0 Å². The van der Waals surface area contributed by atoms with E-state index >= 15 is 0 Å². The minimum Gasteiger partial charge on any atom is -0.481 e. The van der Waals surface area contributed by atoms with Crippen LogP contribution in [-0.2, 0) is 9.59 Å². The summed E-state index contributed by atoms with van der Waals surface area (Å²) >= 11 is 4.95. The Hall–Kier alpha value is -0.610. The zero-order valence-corrected chi connectivity index (χ0v) is 5.97. The second-order valence-corrected chi connectivity index (χ2v) is 2.22. The van der Waals surface area contributed by atoms with Crippen molar-refractivity contribution in [1.29, 1.82) is 0 Å². The Morgan fingerprint density at radius 1 is 1.60 bits per heavy atom. The van der Waals surface area contributed by atoms with Crippen LogP contribution in [0.4, 0.5) is 0 Å². The second-order valence-electron chi connectivity index (χ2n) is 1.84. The van der Waals surface area contributed by atoms with Crippen LogP contribution in [-0.4, -0.2) is 22.4 Å². The fourth-order valence-corrected chi connectivity index (χ4v) is 0.502. The number of aliphatic carboxylic acids is 1. The summed E-state index contributed by atoms with van der Waals surface area (Å²) in [5, 5.41) is 7.44. The van der Waals surface area contributed by atoms with Crippen molar-refractivity contribution in [3.8, 4) is 0 Å². The first-order chi connectivity index (χ1) is 4.54. The first-order valence-corrected chi connectivity index (χ1v) is 3.08. The molecule has 0 saturated carbocycles. The van der Waals surface area contributed by atoms with Gasteiger partial charge in [0.05, 0.1) is 6.04 Å². The average molecular weight is 166 g/mol. The van der Waals surface area contributed by atoms with E-state index in [2.05, 4.69) is 0 Å². The molecule has 0 amide bonds. The van der Waals surface area contributed by atoms with Gasteiger partial charge in [0.15, 0.2) is 0 Å². The van der Waals surface area contributed by atoms with E-state index in [0.717, 1.165) is 0 Å². The highest BCUT2D eigenvalue weighted by molar-refractivity contribution is 6.64. The van der Waals surface area contributed by atoms with Crippen LogP contribution in [0.1, 0.15) is 12.8 Å². The van der Waals surface area contributed by atoms with E-state index in [4.69, 9.17) is 22.4 Å². The maximum atomic E-state index is 10.2. The van der Waals surface area contributed by atoms with Gasteiger partial charge >= 0.3 is 5.97 Å². The lowest BCUT2D eigenvalue weighted by Crippen LogP contribution is -2.27. The second kappa shape index (κ2) is 4.24. The van der Waals surface area contributed by atoms with Crippen LogP contribution < -0.4 is 5.73 Å². The van der Waals surface area contributed by atoms with Crippen molar-refractivity contribution >= 4 is 22.8 Å². The molecule has 0 heterocycles. The summed E-state index contributed by atoms with van der Waals surface area (Å²) in [7, 11) is 0. The molecule has 58 valence electrons. The van der Waals surface area contributed by atoms with E-state index in [0.29, 0.717) is 0 Å². The maximum Gasteiger partial charge on any atom is 0.303 e. The average Bonchev–Trinajstić information content (AvgIpc) is 1.82. The third-order valence-electron chi connectivity index (χ3n) is 0.961. The Balaban J connectivity index is 3.49. The number of nitrogens with two attached hydrogens (primary N) is 1. The first kappa shape index (κ1) is 9.39. The monoisotopic (exact) mass is 165 g/mol. The third-order valence-corrected chi connectivity index (χ3v) is 1.24. The van der Waals surface area contributed by atoms with Gasteiger partial charge in [0.25, 0.3) is 0 Å². The largest absolute Gasteiger partial charge is 0.481 e. The Kier molecular flexibility index (Phi) is 3.99. The van der Waals surface area contributed by atoms with E-state index in [1.807, 2.05) is 0 Å². The van der Waals surface area contributed by atoms with Gasteiger partial charge in [0.2, 0.25) is 5.24 Å². The molecule has 0 fully saturated rings. The number of hydrogen-bond donors (Lipinski definition) is 2. The fraction of sp³-hybridized carbons (Fsp3) is 0.600. The summed E-state index contributed by atoms with van der Waals surface area (Å²) in [5.41, 5.74) is 5.12. The van der Waals surface area contributed by atoms with E-state index in [-0.39, 0.29) is 12.8 Å². The molecule has 0 aromatic carbocycles. The molecule has 0 rings (SSSR count). The van der Waals surface area contributed by atoms with Gasteiger partial charge in [-0.05, 0) is 18.0 Å². The van der Waals surface area contributed by atoms with Crippen LogP contribution in [0.5, 0.6) is 0 Å². The SMILES string of the molecule is NC(CCC(=O)O)C(=O)Cl. The van der Waals surface area contributed by atoms with Gasteiger partial charge in [-0.25, -0.2) is 0 Å². The summed E-state index contributed by atoms with van der Waals surface area (Å²) in [4.78, 5) is 20.1. The maximum absolute atomic E-state index is 10.2. The van der Waals surface area contributed by atoms with Gasteiger partial charge < -0.3 is 10.8 Å². The number of carbonyl (C=O) groups is 2. The lowest BCUT2D eigenvalue weighted by atomic mass is 10.2. The van der Waals surface area contributed by atoms with Crippen molar-refractivity contribution in [2.24, 2.45) is 5.73 Å². The van der Waals surface area contributed by atoms with Crippen LogP contribution in [0.15, 0.2) is 0 Å². The van der Waals surface area contributed by atoms with Crippen LogP contribution in [0, 0.1) is 0 Å². The highest BCUT2D eigenvalue weighted by Gasteiger charge is 2.11. The van der Waals surface area contributed by atoms with E-state index < -0.39 is 17.3 Å². The van der Waals surface area contributed by atoms with Crippen LogP contribution in [0.25, 0.3) is 0 Å². The highest BCUT2D eigenvalue weighted by Crippen LogP contribution is 1.97. The predicted octanol–water partition coefficient (Wildman–Crippen LogP) is -0.0561. The molecule has 1 unspecified atom stereocenters. The number of hydrogen-bond acceptors (Lipinski definition) is 3. The predicted molar refractivity (Wildman–Crippen MR) is 35.7 cm³/mol. The lowest BCUT2D eigenvalue weighted by molar-refractivity contribution is -0.137. The van der Waals surface area contributed by atoms with Gasteiger partial charge in [0, 0.05) is 6.42 Å². The molecule has 0 aliphatic carbocycles. The number of carboxylic acids is 1. The normalized spacial score (nSPS) is 12.6. The Bertz CT molecular complexity index is 148. The van der Waals surface area contributed by atoms with Crippen LogP contribution >= 0.6 is 11.6 Å². The Labute approximate surface area is 63.0 Å². The molecule has 3 N–H and O–H groups in total. The molecule has 1 atom stereocenters. The first-order valence-electron chi connectivity index (χ1n) is 2.70. The zero-order chi connectivity index (χ0) is 8.15. The van der Waals surface area contributed by atoms with Crippen molar-refractivity contribution < 1.29 is 14.7 Å². The standard InChI is InChI=1S/C5H8ClNO3/c6-5(10)3(7)1-2-4(8)9/h3H,1-2,7H2,(H,8,9). The number of carboxylic acid groups (broad SMARTS) is 1. The van der Waals surface area contributed by atoms with Crippen molar-refractivity contribution in [3.63, 3.8) is 0 Å². The molecule has 0 saturated heterocycles. The Morgan fingerprint density at radius 2 is 2.10 bits per heavy atom. The van der Waals surface area contributed by atoms with Gasteiger partial charge in [0.1, 0.15) is 0 Å². The summed E-state index contributed by atoms with van der Waals surface area (Å²) in [6, 6.07) is -0.849. The van der Waals surface area contributed by atoms with E-state index in [1.165, 1.54) is 0 Å². The smallest absolute Gasteiger partial charge is 0.303 e. The topological polar surface area (TPSA) is 80.4 Å².